The highest BCUT2D eigenvalue weighted by atomic mass is 14.9. The minimum Gasteiger partial charge on any atom is -0.309 e. The summed E-state index contributed by atoms with van der Waals surface area (Å²) in [5.74, 6) is 0. The van der Waals surface area contributed by atoms with Gasteiger partial charge in [0.05, 0.1) is 11.7 Å². The molecule has 0 aromatic carbocycles. The second-order valence-corrected chi connectivity index (χ2v) is 3.88. The van der Waals surface area contributed by atoms with E-state index in [2.05, 4.69) is 36.8 Å². The van der Waals surface area contributed by atoms with Crippen LogP contribution in [0.4, 0.5) is 0 Å². The van der Waals surface area contributed by atoms with Crippen LogP contribution in [-0.2, 0) is 6.42 Å². The maximum atomic E-state index is 4.52. The van der Waals surface area contributed by atoms with Crippen molar-refractivity contribution in [1.29, 1.82) is 0 Å². The van der Waals surface area contributed by atoms with E-state index in [1.54, 1.807) is 0 Å². The smallest absolute Gasteiger partial charge is 0.0605 e. The number of pyridine rings is 1. The van der Waals surface area contributed by atoms with Gasteiger partial charge in [-0.05, 0) is 37.4 Å². The van der Waals surface area contributed by atoms with Crippen LogP contribution >= 0.6 is 0 Å². The number of nitrogens with one attached hydrogen (secondary N) is 1. The van der Waals surface area contributed by atoms with Crippen molar-refractivity contribution in [1.82, 2.24) is 10.3 Å². The van der Waals surface area contributed by atoms with Crippen LogP contribution < -0.4 is 5.32 Å². The van der Waals surface area contributed by atoms with Gasteiger partial charge >= 0.3 is 0 Å². The van der Waals surface area contributed by atoms with Crippen LogP contribution in [-0.4, -0.2) is 11.5 Å². The van der Waals surface area contributed by atoms with E-state index in [0.29, 0.717) is 6.04 Å². The summed E-state index contributed by atoms with van der Waals surface area (Å²) in [5, 5.41) is 3.50. The van der Waals surface area contributed by atoms with Gasteiger partial charge < -0.3 is 5.32 Å². The molecule has 16 heavy (non-hydrogen) atoms. The molecule has 0 aliphatic rings. The molecule has 1 heterocycles. The molecular weight excluding hydrogens is 196 g/mol. The summed E-state index contributed by atoms with van der Waals surface area (Å²) in [7, 11) is 0. The maximum absolute atomic E-state index is 4.52. The van der Waals surface area contributed by atoms with Gasteiger partial charge in [0.15, 0.2) is 0 Å². The summed E-state index contributed by atoms with van der Waals surface area (Å²) in [6.45, 7) is 9.07. The fourth-order valence-corrected chi connectivity index (χ4v) is 1.93. The fourth-order valence-electron chi connectivity index (χ4n) is 1.93. The molecule has 88 valence electrons. The number of rotatable bonds is 7. The number of hydrogen-bond acceptors (Lipinski definition) is 2. The highest BCUT2D eigenvalue weighted by Gasteiger charge is 2.13. The predicted octanol–water partition coefficient (Wildman–Crippen LogP) is 3.26. The molecule has 0 fully saturated rings. The van der Waals surface area contributed by atoms with E-state index in [1.165, 1.54) is 11.3 Å². The van der Waals surface area contributed by atoms with Gasteiger partial charge in [0.2, 0.25) is 0 Å². The SMILES string of the molecule is C=CCCC(NCC)c1ncccc1CC. The topological polar surface area (TPSA) is 24.9 Å². The molecular formula is C14H22N2. The molecule has 1 aromatic rings. The van der Waals surface area contributed by atoms with Crippen molar-refractivity contribution in [2.45, 2.75) is 39.2 Å². The molecule has 0 bridgehead atoms. The van der Waals surface area contributed by atoms with Gasteiger partial charge in [-0.15, -0.1) is 6.58 Å². The largest absolute Gasteiger partial charge is 0.309 e. The molecule has 0 saturated heterocycles. The van der Waals surface area contributed by atoms with Gasteiger partial charge in [0, 0.05) is 6.20 Å². The lowest BCUT2D eigenvalue weighted by Gasteiger charge is -2.19. The third-order valence-electron chi connectivity index (χ3n) is 2.75. The highest BCUT2D eigenvalue weighted by Crippen LogP contribution is 2.20. The normalized spacial score (nSPS) is 12.4. The van der Waals surface area contributed by atoms with E-state index in [0.717, 1.165) is 25.8 Å². The lowest BCUT2D eigenvalue weighted by molar-refractivity contribution is 0.504. The molecule has 0 aliphatic carbocycles. The number of hydrogen-bond donors (Lipinski definition) is 1. The molecule has 1 aromatic heterocycles. The Bertz CT molecular complexity index is 320. The zero-order valence-electron chi connectivity index (χ0n) is 10.4. The van der Waals surface area contributed by atoms with Crippen LogP contribution in [0, 0.1) is 0 Å². The molecule has 0 radical (unpaired) electrons. The molecule has 2 heteroatoms. The number of allylic oxidation sites excluding steroid dienone is 1. The van der Waals surface area contributed by atoms with Gasteiger partial charge in [0.25, 0.3) is 0 Å². The van der Waals surface area contributed by atoms with Crippen molar-refractivity contribution in [2.24, 2.45) is 0 Å². The van der Waals surface area contributed by atoms with Gasteiger partial charge in [0.1, 0.15) is 0 Å². The monoisotopic (exact) mass is 218 g/mol. The highest BCUT2D eigenvalue weighted by molar-refractivity contribution is 5.22. The summed E-state index contributed by atoms with van der Waals surface area (Å²) in [6.07, 6.45) is 6.99. The minimum atomic E-state index is 0.360. The fraction of sp³-hybridized carbons (Fsp3) is 0.500. The van der Waals surface area contributed by atoms with Crippen molar-refractivity contribution in [2.75, 3.05) is 6.54 Å². The average molecular weight is 218 g/mol. The summed E-state index contributed by atoms with van der Waals surface area (Å²) >= 11 is 0. The van der Waals surface area contributed by atoms with E-state index in [9.17, 15) is 0 Å². The van der Waals surface area contributed by atoms with Crippen molar-refractivity contribution in [3.63, 3.8) is 0 Å². The molecule has 2 nitrogen and oxygen atoms in total. The van der Waals surface area contributed by atoms with Crippen molar-refractivity contribution in [3.8, 4) is 0 Å². The Morgan fingerprint density at radius 1 is 1.50 bits per heavy atom. The summed E-state index contributed by atoms with van der Waals surface area (Å²) < 4.78 is 0. The van der Waals surface area contributed by atoms with Gasteiger partial charge in [-0.25, -0.2) is 0 Å². The van der Waals surface area contributed by atoms with Gasteiger partial charge in [-0.2, -0.15) is 0 Å². The quantitative estimate of drug-likeness (QED) is 0.711. The van der Waals surface area contributed by atoms with Crippen LogP contribution in [0.2, 0.25) is 0 Å². The lowest BCUT2D eigenvalue weighted by atomic mass is 10.0. The van der Waals surface area contributed by atoms with Crippen LogP contribution in [0.1, 0.15) is 44.0 Å². The molecule has 1 rings (SSSR count). The second-order valence-electron chi connectivity index (χ2n) is 3.88. The first kappa shape index (κ1) is 12.9. The van der Waals surface area contributed by atoms with E-state index in [1.807, 2.05) is 18.3 Å². The molecule has 0 amide bonds. The Labute approximate surface area is 98.8 Å². The summed E-state index contributed by atoms with van der Waals surface area (Å²) in [6, 6.07) is 4.54. The van der Waals surface area contributed by atoms with Gasteiger partial charge in [-0.1, -0.05) is 26.0 Å². The first-order valence-corrected chi connectivity index (χ1v) is 6.11. The van der Waals surface area contributed by atoms with Crippen molar-refractivity contribution in [3.05, 3.63) is 42.2 Å². The predicted molar refractivity (Wildman–Crippen MR) is 69.5 cm³/mol. The van der Waals surface area contributed by atoms with Crippen LogP contribution in [0.25, 0.3) is 0 Å². The third kappa shape index (κ3) is 3.46. The van der Waals surface area contributed by atoms with E-state index >= 15 is 0 Å². The molecule has 1 unspecified atom stereocenters. The third-order valence-corrected chi connectivity index (χ3v) is 2.75. The Balaban J connectivity index is 2.85. The Hall–Kier alpha value is -1.15. The summed E-state index contributed by atoms with van der Waals surface area (Å²) in [4.78, 5) is 4.52. The van der Waals surface area contributed by atoms with Crippen LogP contribution in [0.15, 0.2) is 31.0 Å². The zero-order valence-corrected chi connectivity index (χ0v) is 10.4. The van der Waals surface area contributed by atoms with Gasteiger partial charge in [-0.3, -0.25) is 4.98 Å². The maximum Gasteiger partial charge on any atom is 0.0605 e. The lowest BCUT2D eigenvalue weighted by Crippen LogP contribution is -2.23. The van der Waals surface area contributed by atoms with Crippen molar-refractivity contribution >= 4 is 0 Å². The van der Waals surface area contributed by atoms with Crippen molar-refractivity contribution < 1.29 is 0 Å². The molecule has 1 atom stereocenters. The Morgan fingerprint density at radius 2 is 2.31 bits per heavy atom. The summed E-state index contributed by atoms with van der Waals surface area (Å²) in [5.41, 5.74) is 2.55. The van der Waals surface area contributed by atoms with Crippen LogP contribution in [0.5, 0.6) is 0 Å². The molecule has 0 spiro atoms. The van der Waals surface area contributed by atoms with E-state index < -0.39 is 0 Å². The minimum absolute atomic E-state index is 0.360. The number of aromatic nitrogens is 1. The number of aryl methyl sites for hydroxylation is 1. The first-order chi connectivity index (χ1) is 7.83. The van der Waals surface area contributed by atoms with Crippen LogP contribution in [0.3, 0.4) is 0 Å². The zero-order chi connectivity index (χ0) is 11.8. The van der Waals surface area contributed by atoms with E-state index in [-0.39, 0.29) is 0 Å². The first-order valence-electron chi connectivity index (χ1n) is 6.11. The second kappa shape index (κ2) is 7.18. The average Bonchev–Trinajstić information content (AvgIpc) is 2.34. The molecule has 1 N–H and O–H groups in total. The molecule has 0 saturated carbocycles. The number of nitrogens with zero attached hydrogens (tertiary/aromatic N) is 1. The molecule has 0 aliphatic heterocycles. The Morgan fingerprint density at radius 3 is 2.94 bits per heavy atom. The van der Waals surface area contributed by atoms with E-state index in [4.69, 9.17) is 0 Å². The Kier molecular flexibility index (Phi) is 5.79. The standard InChI is InChI=1S/C14H22N2/c1-4-7-10-13(15-6-3)14-12(5-2)9-8-11-16-14/h4,8-9,11,13,15H,1,5-7,10H2,2-3H3.